The smallest absolute Gasteiger partial charge is 0.211 e. The lowest BCUT2D eigenvalue weighted by atomic mass is 10.2. The lowest BCUT2D eigenvalue weighted by molar-refractivity contribution is 0.576. The third-order valence-corrected chi connectivity index (χ3v) is 5.85. The lowest BCUT2D eigenvalue weighted by Gasteiger charge is -2.10. The minimum absolute atomic E-state index is 0.00125. The summed E-state index contributed by atoms with van der Waals surface area (Å²) in [7, 11) is -3.50. The van der Waals surface area contributed by atoms with Gasteiger partial charge in [-0.15, -0.1) is 11.6 Å². The summed E-state index contributed by atoms with van der Waals surface area (Å²) >= 11 is 12.4. The van der Waals surface area contributed by atoms with Crippen molar-refractivity contribution < 1.29 is 8.42 Å². The Hall–Kier alpha value is 0.380. The number of hydrogen-bond donors (Lipinski definition) is 1. The Morgan fingerprint density at radius 3 is 2.67 bits per heavy atom. The van der Waals surface area contributed by atoms with Gasteiger partial charge < -0.3 is 0 Å². The van der Waals surface area contributed by atoms with Gasteiger partial charge in [0.15, 0.2) is 0 Å². The number of sulfonamides is 1. The molecule has 1 rings (SSSR count). The molecule has 1 aromatic rings. The fraction of sp³-hybridized carbons (Fsp3) is 0.455. The Morgan fingerprint density at radius 2 is 2.06 bits per heavy atom. The van der Waals surface area contributed by atoms with Crippen molar-refractivity contribution in [1.82, 2.24) is 4.72 Å². The number of nitrogens with one attached hydrogen (secondary N) is 1. The molecule has 0 aliphatic rings. The van der Waals surface area contributed by atoms with Gasteiger partial charge in [0.2, 0.25) is 10.0 Å². The Kier molecular flexibility index (Phi) is 6.61. The largest absolute Gasteiger partial charge is 0.241 e. The Morgan fingerprint density at radius 1 is 1.39 bits per heavy atom. The number of benzene rings is 1. The van der Waals surface area contributed by atoms with Gasteiger partial charge in [-0.2, -0.15) is 0 Å². The van der Waals surface area contributed by atoms with Crippen LogP contribution >= 0.6 is 43.5 Å². The topological polar surface area (TPSA) is 46.2 Å². The van der Waals surface area contributed by atoms with Crippen LogP contribution in [0, 0.1) is 0 Å². The molecule has 18 heavy (non-hydrogen) atoms. The maximum Gasteiger partial charge on any atom is 0.241 e. The van der Waals surface area contributed by atoms with E-state index in [0.29, 0.717) is 17.4 Å². The quantitative estimate of drug-likeness (QED) is 0.711. The van der Waals surface area contributed by atoms with Crippen LogP contribution in [-0.4, -0.2) is 20.3 Å². The number of alkyl halides is 1. The summed E-state index contributed by atoms with van der Waals surface area (Å²) in [5, 5.41) is -0.00125. The maximum atomic E-state index is 12.1. The average Bonchev–Trinajstić information content (AvgIpc) is 2.31. The number of hydrogen-bond acceptors (Lipinski definition) is 2. The van der Waals surface area contributed by atoms with Crippen LogP contribution in [0.15, 0.2) is 32.0 Å². The normalized spacial score (nSPS) is 13.6. The first-order valence-electron chi connectivity index (χ1n) is 5.45. The van der Waals surface area contributed by atoms with Crippen LogP contribution in [-0.2, 0) is 10.0 Å². The summed E-state index contributed by atoms with van der Waals surface area (Å²) in [5.74, 6) is 0. The molecule has 1 atom stereocenters. The molecule has 0 radical (unpaired) electrons. The van der Waals surface area contributed by atoms with Gasteiger partial charge in [-0.05, 0) is 47.0 Å². The van der Waals surface area contributed by atoms with E-state index in [0.717, 1.165) is 10.9 Å². The van der Waals surface area contributed by atoms with E-state index in [1.165, 1.54) is 0 Å². The second-order valence-corrected chi connectivity index (χ2v) is 7.89. The van der Waals surface area contributed by atoms with E-state index in [9.17, 15) is 8.42 Å². The van der Waals surface area contributed by atoms with E-state index in [4.69, 9.17) is 11.6 Å². The molecule has 0 bridgehead atoms. The van der Waals surface area contributed by atoms with Gasteiger partial charge in [0, 0.05) is 20.9 Å². The van der Waals surface area contributed by atoms with Gasteiger partial charge >= 0.3 is 0 Å². The molecule has 0 aliphatic heterocycles. The number of rotatable bonds is 6. The Labute approximate surface area is 130 Å². The third kappa shape index (κ3) is 4.81. The van der Waals surface area contributed by atoms with Crippen molar-refractivity contribution in [3.8, 4) is 0 Å². The van der Waals surface area contributed by atoms with E-state index in [1.807, 2.05) is 6.92 Å². The second kappa shape index (κ2) is 7.24. The fourth-order valence-corrected chi connectivity index (χ4v) is 3.97. The van der Waals surface area contributed by atoms with Crippen molar-refractivity contribution in [1.29, 1.82) is 0 Å². The summed E-state index contributed by atoms with van der Waals surface area (Å²) < 4.78 is 27.9. The van der Waals surface area contributed by atoms with Crippen molar-refractivity contribution in [2.24, 2.45) is 0 Å². The highest BCUT2D eigenvalue weighted by Crippen LogP contribution is 2.25. The molecule has 7 heteroatoms. The highest BCUT2D eigenvalue weighted by Gasteiger charge is 2.17. The minimum Gasteiger partial charge on any atom is -0.211 e. The maximum absolute atomic E-state index is 12.1. The van der Waals surface area contributed by atoms with E-state index in [2.05, 4.69) is 36.6 Å². The van der Waals surface area contributed by atoms with Crippen LogP contribution in [0.5, 0.6) is 0 Å². The van der Waals surface area contributed by atoms with Gasteiger partial charge in [0.25, 0.3) is 0 Å². The highest BCUT2D eigenvalue weighted by molar-refractivity contribution is 9.11. The zero-order valence-corrected chi connectivity index (χ0v) is 14.5. The molecule has 3 nitrogen and oxygen atoms in total. The molecular formula is C11H14Br2ClNO2S. The van der Waals surface area contributed by atoms with Crippen LogP contribution in [0.1, 0.15) is 19.8 Å². The molecule has 0 fully saturated rings. The van der Waals surface area contributed by atoms with Gasteiger partial charge in [0.05, 0.1) is 4.90 Å². The van der Waals surface area contributed by atoms with Crippen molar-refractivity contribution >= 4 is 53.5 Å². The van der Waals surface area contributed by atoms with Crippen molar-refractivity contribution in [3.05, 3.63) is 27.1 Å². The van der Waals surface area contributed by atoms with Crippen LogP contribution in [0.3, 0.4) is 0 Å². The number of halogens is 3. The first kappa shape index (κ1) is 16.4. The highest BCUT2D eigenvalue weighted by atomic mass is 79.9. The summed E-state index contributed by atoms with van der Waals surface area (Å²) in [5.41, 5.74) is 0. The standard InChI is InChI=1S/C11H14Br2ClNO2S/c1-2-9(14)5-6-15-18(16,17)11-7-8(12)3-4-10(11)13/h3-4,7,9,15H,2,5-6H2,1H3. The Balaban J connectivity index is 2.77. The zero-order chi connectivity index (χ0) is 13.8. The SMILES string of the molecule is CCC(Cl)CCNS(=O)(=O)c1cc(Br)ccc1Br. The van der Waals surface area contributed by atoms with E-state index < -0.39 is 10.0 Å². The van der Waals surface area contributed by atoms with Gasteiger partial charge in [-0.25, -0.2) is 13.1 Å². The summed E-state index contributed by atoms with van der Waals surface area (Å²) in [4.78, 5) is 0.222. The van der Waals surface area contributed by atoms with Crippen molar-refractivity contribution in [2.75, 3.05) is 6.54 Å². The summed E-state index contributed by atoms with van der Waals surface area (Å²) in [6.45, 7) is 2.31. The molecule has 0 amide bonds. The molecule has 0 heterocycles. The molecule has 0 aromatic heterocycles. The summed E-state index contributed by atoms with van der Waals surface area (Å²) in [6.07, 6.45) is 1.44. The fourth-order valence-electron chi connectivity index (χ4n) is 1.31. The zero-order valence-electron chi connectivity index (χ0n) is 9.79. The monoisotopic (exact) mass is 417 g/mol. The Bertz CT molecular complexity index is 508. The predicted octanol–water partition coefficient (Wildman–Crippen LogP) is 3.90. The molecule has 0 saturated heterocycles. The van der Waals surface area contributed by atoms with Crippen molar-refractivity contribution in [2.45, 2.75) is 30.0 Å². The van der Waals surface area contributed by atoms with Gasteiger partial charge in [-0.3, -0.25) is 0 Å². The first-order valence-corrected chi connectivity index (χ1v) is 8.96. The summed E-state index contributed by atoms with van der Waals surface area (Å²) in [6, 6.07) is 5.02. The molecule has 1 N–H and O–H groups in total. The molecule has 0 saturated carbocycles. The minimum atomic E-state index is -3.50. The third-order valence-electron chi connectivity index (χ3n) is 2.38. The van der Waals surface area contributed by atoms with Crippen LogP contribution < -0.4 is 4.72 Å². The van der Waals surface area contributed by atoms with Crippen LogP contribution in [0.4, 0.5) is 0 Å². The molecule has 1 aromatic carbocycles. The van der Waals surface area contributed by atoms with Crippen LogP contribution in [0.2, 0.25) is 0 Å². The van der Waals surface area contributed by atoms with E-state index in [1.54, 1.807) is 18.2 Å². The molecular weight excluding hydrogens is 405 g/mol. The van der Waals surface area contributed by atoms with Crippen molar-refractivity contribution in [3.63, 3.8) is 0 Å². The van der Waals surface area contributed by atoms with E-state index >= 15 is 0 Å². The molecule has 102 valence electrons. The van der Waals surface area contributed by atoms with Gasteiger partial charge in [0.1, 0.15) is 0 Å². The first-order chi connectivity index (χ1) is 8.36. The van der Waals surface area contributed by atoms with E-state index in [-0.39, 0.29) is 10.3 Å². The molecule has 0 aliphatic carbocycles. The molecule has 0 spiro atoms. The van der Waals surface area contributed by atoms with Crippen LogP contribution in [0.25, 0.3) is 0 Å². The predicted molar refractivity (Wildman–Crippen MR) is 81.6 cm³/mol. The van der Waals surface area contributed by atoms with Gasteiger partial charge in [-0.1, -0.05) is 22.9 Å². The second-order valence-electron chi connectivity index (χ2n) is 3.77. The lowest BCUT2D eigenvalue weighted by Crippen LogP contribution is -2.26. The average molecular weight is 420 g/mol. The molecule has 1 unspecified atom stereocenters.